The number of pyridine rings is 1. The molecule has 13 rings (SSSR count). The number of nitrogens with zero attached hydrogens (tertiary/aromatic N) is 5. The van der Waals surface area contributed by atoms with E-state index in [4.69, 9.17) is 19.9 Å². The summed E-state index contributed by atoms with van der Waals surface area (Å²) in [5, 5.41) is 2.22. The maximum Gasteiger partial charge on any atom is 0.193 e. The molecule has 7 heteroatoms. The highest BCUT2D eigenvalue weighted by atomic mass is 32.2. The van der Waals surface area contributed by atoms with Crippen LogP contribution in [0.4, 0.5) is 17.1 Å². The summed E-state index contributed by atoms with van der Waals surface area (Å²) in [5.41, 5.74) is 15.0. The van der Waals surface area contributed by atoms with Crippen molar-refractivity contribution in [3.8, 4) is 78.8 Å². The summed E-state index contributed by atoms with van der Waals surface area (Å²) < 4.78 is 0. The van der Waals surface area contributed by atoms with Crippen LogP contribution in [0.15, 0.2) is 271 Å². The highest BCUT2D eigenvalue weighted by Gasteiger charge is 2.28. The molecular weight excluding hydrogens is 923 g/mol. The Labute approximate surface area is 433 Å². The van der Waals surface area contributed by atoms with Crippen molar-refractivity contribution in [2.24, 2.45) is 0 Å². The van der Waals surface area contributed by atoms with E-state index in [1.807, 2.05) is 134 Å². The molecule has 0 spiro atoms. The van der Waals surface area contributed by atoms with Gasteiger partial charge >= 0.3 is 0 Å². The Morgan fingerprint density at radius 1 is 0.365 bits per heavy atom. The number of ketones is 1. The summed E-state index contributed by atoms with van der Waals surface area (Å²) >= 11 is 1.64. The quantitative estimate of drug-likeness (QED) is 0.126. The number of hydrogen-bond donors (Lipinski definition) is 0. The third-order valence-corrected chi connectivity index (χ3v) is 14.6. The number of anilines is 3. The lowest BCUT2D eigenvalue weighted by atomic mass is 9.93. The van der Waals surface area contributed by atoms with Gasteiger partial charge in [0.1, 0.15) is 0 Å². The summed E-state index contributed by atoms with van der Waals surface area (Å²) in [6, 6.07) is 86.9. The predicted molar refractivity (Wildman–Crippen MR) is 302 cm³/mol. The second kappa shape index (κ2) is 19.2. The Hall–Kier alpha value is -9.56. The SMILES string of the molecule is O=C(c1cc(-c2ccccc2)cc(-c2ccccc2)c1)c1ccc2c(c1)Sc1cc(-c3nc(-c4ccccc4)nc(-c4ccccc4)n3)ccc1N2c1cccc(-c2cc3c(-c4ccccc4)cccc3cn2)c1. The molecule has 0 N–H and O–H groups in total. The molecule has 74 heavy (non-hydrogen) atoms. The first kappa shape index (κ1) is 44.4. The zero-order valence-electron chi connectivity index (χ0n) is 39.9. The van der Waals surface area contributed by atoms with Crippen LogP contribution in [-0.2, 0) is 0 Å². The second-order valence-electron chi connectivity index (χ2n) is 18.2. The summed E-state index contributed by atoms with van der Waals surface area (Å²) in [7, 11) is 0. The van der Waals surface area contributed by atoms with E-state index in [9.17, 15) is 4.79 Å². The van der Waals surface area contributed by atoms with Gasteiger partial charge in [0.05, 0.1) is 17.1 Å². The van der Waals surface area contributed by atoms with E-state index in [-0.39, 0.29) is 5.78 Å². The van der Waals surface area contributed by atoms with E-state index in [1.54, 1.807) is 11.8 Å². The van der Waals surface area contributed by atoms with E-state index in [0.29, 0.717) is 28.6 Å². The molecule has 12 aromatic rings. The summed E-state index contributed by atoms with van der Waals surface area (Å²) in [5.74, 6) is 1.70. The molecule has 0 amide bonds. The predicted octanol–water partition coefficient (Wildman–Crippen LogP) is 17.3. The van der Waals surface area contributed by atoms with Gasteiger partial charge in [-0.2, -0.15) is 0 Å². The number of rotatable bonds is 10. The molecule has 0 fully saturated rings. The molecule has 2 aromatic heterocycles. The van der Waals surface area contributed by atoms with Crippen LogP contribution < -0.4 is 4.90 Å². The number of fused-ring (bicyclic) bond motifs is 3. The smallest absolute Gasteiger partial charge is 0.193 e. The molecule has 0 atom stereocenters. The fourth-order valence-electron chi connectivity index (χ4n) is 9.83. The molecule has 0 saturated heterocycles. The Bertz CT molecular complexity index is 3940. The van der Waals surface area contributed by atoms with Crippen LogP contribution in [0, 0.1) is 0 Å². The van der Waals surface area contributed by atoms with Gasteiger partial charge in [-0.15, -0.1) is 0 Å². The van der Waals surface area contributed by atoms with Gasteiger partial charge in [-0.05, 0) is 112 Å². The lowest BCUT2D eigenvalue weighted by Crippen LogP contribution is -2.16. The molecule has 1 aliphatic heterocycles. The first-order valence-corrected chi connectivity index (χ1v) is 25.4. The fraction of sp³-hybridized carbons (Fsp3) is 0. The van der Waals surface area contributed by atoms with E-state index in [1.165, 1.54) is 0 Å². The van der Waals surface area contributed by atoms with Crippen molar-refractivity contribution in [3.63, 3.8) is 0 Å². The van der Waals surface area contributed by atoms with E-state index in [2.05, 4.69) is 132 Å². The number of hydrogen-bond acceptors (Lipinski definition) is 7. The van der Waals surface area contributed by atoms with E-state index < -0.39 is 0 Å². The average molecular weight is 966 g/mol. The van der Waals surface area contributed by atoms with Crippen LogP contribution in [0.3, 0.4) is 0 Å². The van der Waals surface area contributed by atoms with E-state index >= 15 is 0 Å². The van der Waals surface area contributed by atoms with Crippen LogP contribution in [0.2, 0.25) is 0 Å². The maximum absolute atomic E-state index is 15.0. The van der Waals surface area contributed by atoms with Gasteiger partial charge in [-0.25, -0.2) is 15.0 Å². The summed E-state index contributed by atoms with van der Waals surface area (Å²) in [6.07, 6.45) is 1.97. The van der Waals surface area contributed by atoms with Crippen molar-refractivity contribution >= 4 is 45.4 Å². The fourth-order valence-corrected chi connectivity index (χ4v) is 11.0. The standard InChI is InChI=1S/C67H43N5OS/c73-64(55-37-53(44-18-6-1-7-19-44)36-54(38-55)45-20-8-2-9-21-45)50-32-34-60-62(40-50)74-63-41-51(67-70-65(47-24-12-4-13-25-47)69-66(71-67)48-26-14-5-15-27-48)33-35-61(63)72(60)56-30-16-28-49(39-56)59-42-58-52(43-68-59)29-17-31-57(58)46-22-10-3-11-23-46/h1-43H. The minimum Gasteiger partial charge on any atom is -0.308 e. The third kappa shape index (κ3) is 8.61. The summed E-state index contributed by atoms with van der Waals surface area (Å²) in [6.45, 7) is 0. The van der Waals surface area contributed by atoms with Gasteiger partial charge in [0, 0.05) is 60.4 Å². The zero-order valence-corrected chi connectivity index (χ0v) is 40.7. The average Bonchev–Trinajstić information content (AvgIpc) is 3.48. The molecule has 0 radical (unpaired) electrons. The lowest BCUT2D eigenvalue weighted by molar-refractivity contribution is 0.103. The molecule has 348 valence electrons. The molecule has 10 aromatic carbocycles. The second-order valence-corrected chi connectivity index (χ2v) is 19.3. The zero-order chi connectivity index (χ0) is 49.4. The first-order valence-electron chi connectivity index (χ1n) is 24.5. The maximum atomic E-state index is 15.0. The summed E-state index contributed by atoms with van der Waals surface area (Å²) in [4.78, 5) is 39.4. The normalized spacial score (nSPS) is 11.8. The molecule has 6 nitrogen and oxygen atoms in total. The molecule has 0 aliphatic carbocycles. The van der Waals surface area contributed by atoms with Gasteiger partial charge in [-0.3, -0.25) is 9.78 Å². The molecule has 3 heterocycles. The Morgan fingerprint density at radius 2 is 0.878 bits per heavy atom. The lowest BCUT2D eigenvalue weighted by Gasteiger charge is -2.33. The highest BCUT2D eigenvalue weighted by Crippen LogP contribution is 2.53. The van der Waals surface area contributed by atoms with Crippen LogP contribution in [-0.4, -0.2) is 25.7 Å². The van der Waals surface area contributed by atoms with Gasteiger partial charge in [-0.1, -0.05) is 194 Å². The first-order chi connectivity index (χ1) is 36.6. The van der Waals surface area contributed by atoms with Crippen LogP contribution >= 0.6 is 11.8 Å². The largest absolute Gasteiger partial charge is 0.308 e. The Balaban J connectivity index is 0.946. The minimum absolute atomic E-state index is 0.0548. The number of aromatic nitrogens is 4. The van der Waals surface area contributed by atoms with Crippen molar-refractivity contribution in [1.82, 2.24) is 19.9 Å². The van der Waals surface area contributed by atoms with Crippen molar-refractivity contribution in [2.45, 2.75) is 9.79 Å². The monoisotopic (exact) mass is 965 g/mol. The number of carbonyl (C=O) groups is 1. The number of benzene rings is 10. The molecule has 0 unspecified atom stereocenters. The Kier molecular flexibility index (Phi) is 11.5. The van der Waals surface area contributed by atoms with Gasteiger partial charge < -0.3 is 4.90 Å². The van der Waals surface area contributed by atoms with Gasteiger partial charge in [0.2, 0.25) is 0 Å². The third-order valence-electron chi connectivity index (χ3n) is 13.5. The molecular formula is C67H43N5OS. The van der Waals surface area contributed by atoms with Crippen molar-refractivity contribution in [2.75, 3.05) is 4.90 Å². The Morgan fingerprint density at radius 3 is 1.49 bits per heavy atom. The van der Waals surface area contributed by atoms with Gasteiger partial charge in [0.25, 0.3) is 0 Å². The van der Waals surface area contributed by atoms with Gasteiger partial charge in [0.15, 0.2) is 23.3 Å². The minimum atomic E-state index is -0.0548. The van der Waals surface area contributed by atoms with Crippen molar-refractivity contribution < 1.29 is 4.79 Å². The van der Waals surface area contributed by atoms with Crippen LogP contribution in [0.1, 0.15) is 15.9 Å². The van der Waals surface area contributed by atoms with E-state index in [0.717, 1.165) is 99.0 Å². The molecule has 1 aliphatic rings. The van der Waals surface area contributed by atoms with Crippen LogP contribution in [0.25, 0.3) is 89.6 Å². The number of carbonyl (C=O) groups excluding carboxylic acids is 1. The van der Waals surface area contributed by atoms with Crippen LogP contribution in [0.5, 0.6) is 0 Å². The topological polar surface area (TPSA) is 71.9 Å². The van der Waals surface area contributed by atoms with Crippen molar-refractivity contribution in [1.29, 1.82) is 0 Å². The van der Waals surface area contributed by atoms with Crippen molar-refractivity contribution in [3.05, 3.63) is 272 Å². The molecule has 0 bridgehead atoms. The highest BCUT2D eigenvalue weighted by molar-refractivity contribution is 7.99. The molecule has 0 saturated carbocycles.